The summed E-state index contributed by atoms with van der Waals surface area (Å²) in [5.41, 5.74) is 2.32. The maximum absolute atomic E-state index is 6.48. The number of hydrogen-bond donors (Lipinski definition) is 1. The number of benzene rings is 1. The first-order valence-electron chi connectivity index (χ1n) is 7.50. The van der Waals surface area contributed by atoms with Gasteiger partial charge in [-0.15, -0.1) is 0 Å². The first-order valence-corrected chi connectivity index (χ1v) is 7.87. The van der Waals surface area contributed by atoms with Crippen LogP contribution in [0.1, 0.15) is 18.4 Å². The minimum Gasteiger partial charge on any atom is -0.383 e. The van der Waals surface area contributed by atoms with Crippen molar-refractivity contribution in [1.29, 1.82) is 0 Å². The fraction of sp³-hybridized carbons (Fsp3) is 0.625. The van der Waals surface area contributed by atoms with Crippen LogP contribution in [0.2, 0.25) is 5.02 Å². The number of nitrogens with zero attached hydrogens (tertiary/aromatic N) is 1. The van der Waals surface area contributed by atoms with Gasteiger partial charge in [-0.2, -0.15) is 0 Å². The Balaban J connectivity index is 1.96. The second-order valence-electron chi connectivity index (χ2n) is 5.37. The maximum atomic E-state index is 6.48. The summed E-state index contributed by atoms with van der Waals surface area (Å²) in [5.74, 6) is 0. The Kier molecular flexibility index (Phi) is 6.77. The van der Waals surface area contributed by atoms with Crippen molar-refractivity contribution in [3.8, 4) is 0 Å². The zero-order chi connectivity index (χ0) is 15.1. The predicted molar refractivity (Wildman–Crippen MR) is 87.3 cm³/mol. The van der Waals surface area contributed by atoms with E-state index in [1.165, 1.54) is 18.4 Å². The molecule has 0 heterocycles. The Morgan fingerprint density at radius 3 is 2.62 bits per heavy atom. The molecule has 1 saturated carbocycles. The van der Waals surface area contributed by atoms with Crippen molar-refractivity contribution in [3.63, 3.8) is 0 Å². The molecule has 1 aliphatic carbocycles. The third-order valence-corrected chi connectivity index (χ3v) is 3.96. The Labute approximate surface area is 132 Å². The molecule has 0 radical (unpaired) electrons. The smallest absolute Gasteiger partial charge is 0.0642 e. The average Bonchev–Trinajstić information content (AvgIpc) is 3.30. The van der Waals surface area contributed by atoms with Gasteiger partial charge in [0.1, 0.15) is 0 Å². The zero-order valence-corrected chi connectivity index (χ0v) is 13.7. The van der Waals surface area contributed by atoms with Crippen LogP contribution in [0.15, 0.2) is 18.2 Å². The topological polar surface area (TPSA) is 33.7 Å². The fourth-order valence-electron chi connectivity index (χ4n) is 2.38. The van der Waals surface area contributed by atoms with Crippen LogP contribution in [-0.2, 0) is 16.0 Å². The van der Waals surface area contributed by atoms with E-state index in [9.17, 15) is 0 Å². The van der Waals surface area contributed by atoms with E-state index in [4.69, 9.17) is 21.1 Å². The van der Waals surface area contributed by atoms with E-state index in [0.717, 1.165) is 43.6 Å². The van der Waals surface area contributed by atoms with Gasteiger partial charge >= 0.3 is 0 Å². The standard InChI is InChI=1S/C16H25ClN2O2/c1-20-9-7-18-12-13-3-6-16(15(17)11-13)19(8-10-21-2)14-4-5-14/h3,6,11,14,18H,4-5,7-10,12H2,1-2H3. The first-order chi connectivity index (χ1) is 10.3. The summed E-state index contributed by atoms with van der Waals surface area (Å²) in [6.45, 7) is 4.00. The van der Waals surface area contributed by atoms with Gasteiger partial charge in [0.05, 0.1) is 23.9 Å². The van der Waals surface area contributed by atoms with E-state index in [0.29, 0.717) is 6.04 Å². The fourth-order valence-corrected chi connectivity index (χ4v) is 2.69. The van der Waals surface area contributed by atoms with Crippen LogP contribution in [0.25, 0.3) is 0 Å². The van der Waals surface area contributed by atoms with Crippen molar-refractivity contribution < 1.29 is 9.47 Å². The molecule has 0 bridgehead atoms. The summed E-state index contributed by atoms with van der Waals surface area (Å²) < 4.78 is 10.2. The van der Waals surface area contributed by atoms with E-state index >= 15 is 0 Å². The molecule has 1 aromatic carbocycles. The average molecular weight is 313 g/mol. The number of anilines is 1. The van der Waals surface area contributed by atoms with Gasteiger partial charge in [0.2, 0.25) is 0 Å². The molecule has 0 aromatic heterocycles. The lowest BCUT2D eigenvalue weighted by atomic mass is 10.2. The second kappa shape index (κ2) is 8.59. The lowest BCUT2D eigenvalue weighted by Crippen LogP contribution is -2.29. The van der Waals surface area contributed by atoms with E-state index in [1.54, 1.807) is 14.2 Å². The Bertz CT molecular complexity index is 438. The minimum atomic E-state index is 0.628. The van der Waals surface area contributed by atoms with Crippen LogP contribution in [0.3, 0.4) is 0 Å². The molecule has 5 heteroatoms. The highest BCUT2D eigenvalue weighted by molar-refractivity contribution is 6.33. The van der Waals surface area contributed by atoms with Crippen LogP contribution >= 0.6 is 11.6 Å². The summed E-state index contributed by atoms with van der Waals surface area (Å²) in [6.07, 6.45) is 2.50. The van der Waals surface area contributed by atoms with Crippen molar-refractivity contribution in [3.05, 3.63) is 28.8 Å². The molecular formula is C16H25ClN2O2. The van der Waals surface area contributed by atoms with Gasteiger partial charge in [-0.1, -0.05) is 17.7 Å². The number of ether oxygens (including phenoxy) is 2. The normalized spacial score (nSPS) is 14.4. The number of methoxy groups -OCH3 is 2. The van der Waals surface area contributed by atoms with Gasteiger partial charge in [0.15, 0.2) is 0 Å². The summed E-state index contributed by atoms with van der Waals surface area (Å²) in [7, 11) is 3.45. The van der Waals surface area contributed by atoms with Crippen LogP contribution in [-0.4, -0.2) is 46.6 Å². The third kappa shape index (κ3) is 5.15. The van der Waals surface area contributed by atoms with Crippen molar-refractivity contribution in [2.45, 2.75) is 25.4 Å². The molecule has 0 unspecified atom stereocenters. The van der Waals surface area contributed by atoms with Crippen molar-refractivity contribution in [1.82, 2.24) is 5.32 Å². The van der Waals surface area contributed by atoms with Gasteiger partial charge < -0.3 is 19.7 Å². The highest BCUT2D eigenvalue weighted by atomic mass is 35.5. The molecule has 21 heavy (non-hydrogen) atoms. The van der Waals surface area contributed by atoms with E-state index in [1.807, 2.05) is 0 Å². The van der Waals surface area contributed by atoms with Crippen LogP contribution < -0.4 is 10.2 Å². The zero-order valence-electron chi connectivity index (χ0n) is 12.9. The molecule has 0 spiro atoms. The summed E-state index contributed by atoms with van der Waals surface area (Å²) >= 11 is 6.48. The number of nitrogens with one attached hydrogen (secondary N) is 1. The molecule has 0 amide bonds. The molecule has 4 nitrogen and oxygen atoms in total. The Morgan fingerprint density at radius 2 is 2.00 bits per heavy atom. The van der Waals surface area contributed by atoms with Gasteiger partial charge in [-0.3, -0.25) is 0 Å². The summed E-state index contributed by atoms with van der Waals surface area (Å²) in [4.78, 5) is 2.37. The highest BCUT2D eigenvalue weighted by Crippen LogP contribution is 2.35. The van der Waals surface area contributed by atoms with Crippen molar-refractivity contribution >= 4 is 17.3 Å². The lowest BCUT2D eigenvalue weighted by Gasteiger charge is -2.25. The molecule has 1 aromatic rings. The van der Waals surface area contributed by atoms with Crippen LogP contribution in [0.4, 0.5) is 5.69 Å². The monoisotopic (exact) mass is 312 g/mol. The highest BCUT2D eigenvalue weighted by Gasteiger charge is 2.30. The second-order valence-corrected chi connectivity index (χ2v) is 5.78. The molecule has 1 aliphatic rings. The largest absolute Gasteiger partial charge is 0.383 e. The van der Waals surface area contributed by atoms with E-state index < -0.39 is 0 Å². The Morgan fingerprint density at radius 1 is 1.24 bits per heavy atom. The van der Waals surface area contributed by atoms with E-state index in [-0.39, 0.29) is 0 Å². The van der Waals surface area contributed by atoms with Crippen LogP contribution in [0, 0.1) is 0 Å². The van der Waals surface area contributed by atoms with Gasteiger partial charge in [0.25, 0.3) is 0 Å². The molecule has 1 fully saturated rings. The minimum absolute atomic E-state index is 0.628. The molecule has 1 N–H and O–H groups in total. The predicted octanol–water partition coefficient (Wildman–Crippen LogP) is 2.69. The number of hydrogen-bond acceptors (Lipinski definition) is 4. The molecule has 0 saturated heterocycles. The molecular weight excluding hydrogens is 288 g/mol. The maximum Gasteiger partial charge on any atom is 0.0642 e. The SMILES string of the molecule is COCCNCc1ccc(N(CCOC)C2CC2)c(Cl)c1. The summed E-state index contributed by atoms with van der Waals surface area (Å²) in [5, 5.41) is 4.15. The summed E-state index contributed by atoms with van der Waals surface area (Å²) in [6, 6.07) is 6.95. The van der Waals surface area contributed by atoms with Crippen molar-refractivity contribution in [2.24, 2.45) is 0 Å². The lowest BCUT2D eigenvalue weighted by molar-refractivity contribution is 0.199. The van der Waals surface area contributed by atoms with Gasteiger partial charge in [-0.25, -0.2) is 0 Å². The van der Waals surface area contributed by atoms with Crippen molar-refractivity contribution in [2.75, 3.05) is 45.4 Å². The molecule has 2 rings (SSSR count). The first kappa shape index (κ1) is 16.6. The molecule has 0 atom stereocenters. The third-order valence-electron chi connectivity index (χ3n) is 3.66. The molecule has 0 aliphatic heterocycles. The quantitative estimate of drug-likeness (QED) is 0.674. The van der Waals surface area contributed by atoms with E-state index in [2.05, 4.69) is 28.4 Å². The van der Waals surface area contributed by atoms with Gasteiger partial charge in [-0.05, 0) is 30.5 Å². The number of rotatable bonds is 10. The Hall–Kier alpha value is -0.810. The molecule has 118 valence electrons. The number of halogens is 1. The van der Waals surface area contributed by atoms with Gasteiger partial charge in [0, 0.05) is 39.9 Å². The van der Waals surface area contributed by atoms with Crippen LogP contribution in [0.5, 0.6) is 0 Å².